The SMILES string of the molecule is O=C1OC(O)(OCCl)N2CCCCC2C1c1ccccc1. The Morgan fingerprint density at radius 1 is 1.38 bits per heavy atom. The molecule has 0 saturated carbocycles. The van der Waals surface area contributed by atoms with E-state index in [-0.39, 0.29) is 12.1 Å². The van der Waals surface area contributed by atoms with Crippen molar-refractivity contribution >= 4 is 17.6 Å². The van der Waals surface area contributed by atoms with E-state index in [1.54, 1.807) is 4.90 Å². The highest BCUT2D eigenvalue weighted by atomic mass is 35.5. The van der Waals surface area contributed by atoms with E-state index in [1.807, 2.05) is 30.3 Å². The smallest absolute Gasteiger partial charge is 0.394 e. The lowest BCUT2D eigenvalue weighted by Crippen LogP contribution is -2.65. The maximum Gasteiger partial charge on any atom is 0.400 e. The van der Waals surface area contributed by atoms with Crippen molar-refractivity contribution in [3.63, 3.8) is 0 Å². The van der Waals surface area contributed by atoms with Crippen molar-refractivity contribution in [3.8, 4) is 0 Å². The molecule has 0 amide bonds. The van der Waals surface area contributed by atoms with Gasteiger partial charge < -0.3 is 9.84 Å². The van der Waals surface area contributed by atoms with E-state index in [2.05, 4.69) is 0 Å². The number of fused-ring (bicyclic) bond motifs is 1. The number of hydrogen-bond acceptors (Lipinski definition) is 5. The van der Waals surface area contributed by atoms with Crippen molar-refractivity contribution in [2.45, 2.75) is 37.3 Å². The minimum atomic E-state index is -2.05. The number of cyclic esters (lactones) is 1. The maximum atomic E-state index is 12.4. The summed E-state index contributed by atoms with van der Waals surface area (Å²) in [4.78, 5) is 14.1. The topological polar surface area (TPSA) is 59.0 Å². The van der Waals surface area contributed by atoms with Crippen LogP contribution in [0.4, 0.5) is 0 Å². The molecule has 3 rings (SSSR count). The molecule has 1 N–H and O–H groups in total. The molecule has 114 valence electrons. The Bertz CT molecular complexity index is 512. The summed E-state index contributed by atoms with van der Waals surface area (Å²) in [6.45, 7) is 0.606. The zero-order valence-electron chi connectivity index (χ0n) is 11.6. The second-order valence-corrected chi connectivity index (χ2v) is 5.59. The van der Waals surface area contributed by atoms with Gasteiger partial charge in [-0.05, 0) is 18.4 Å². The van der Waals surface area contributed by atoms with Crippen LogP contribution in [-0.2, 0) is 14.3 Å². The maximum absolute atomic E-state index is 12.4. The number of alkyl halides is 1. The van der Waals surface area contributed by atoms with Gasteiger partial charge in [0.05, 0.1) is 5.92 Å². The van der Waals surface area contributed by atoms with Crippen molar-refractivity contribution in [1.82, 2.24) is 4.90 Å². The highest BCUT2D eigenvalue weighted by molar-refractivity contribution is 6.17. The van der Waals surface area contributed by atoms with E-state index < -0.39 is 18.0 Å². The summed E-state index contributed by atoms with van der Waals surface area (Å²) in [5, 5.41) is 10.5. The van der Waals surface area contributed by atoms with Crippen LogP contribution in [0, 0.1) is 0 Å². The largest absolute Gasteiger partial charge is 0.400 e. The zero-order valence-corrected chi connectivity index (χ0v) is 12.3. The molecule has 0 bridgehead atoms. The van der Waals surface area contributed by atoms with E-state index >= 15 is 0 Å². The van der Waals surface area contributed by atoms with Crippen LogP contribution in [-0.4, -0.2) is 40.7 Å². The van der Waals surface area contributed by atoms with Crippen molar-refractivity contribution in [2.24, 2.45) is 0 Å². The highest BCUT2D eigenvalue weighted by Gasteiger charge is 2.54. The van der Waals surface area contributed by atoms with E-state index in [0.29, 0.717) is 6.54 Å². The molecule has 3 atom stereocenters. The zero-order chi connectivity index (χ0) is 14.9. The van der Waals surface area contributed by atoms with Gasteiger partial charge in [-0.1, -0.05) is 48.4 Å². The standard InChI is InChI=1S/C15H18ClNO4/c16-10-20-15(19)17-9-5-4-8-12(17)13(14(18)21-15)11-6-2-1-3-7-11/h1-3,6-7,12-13,19H,4-5,8-10H2. The molecule has 21 heavy (non-hydrogen) atoms. The number of ether oxygens (including phenoxy) is 2. The fourth-order valence-electron chi connectivity index (χ4n) is 3.27. The molecule has 0 radical (unpaired) electrons. The van der Waals surface area contributed by atoms with Crippen LogP contribution >= 0.6 is 11.6 Å². The number of esters is 1. The number of nitrogens with zero attached hydrogens (tertiary/aromatic N) is 1. The summed E-state index contributed by atoms with van der Waals surface area (Å²) in [5.74, 6) is -0.886. The lowest BCUT2D eigenvalue weighted by molar-refractivity contribution is -0.428. The van der Waals surface area contributed by atoms with Crippen molar-refractivity contribution in [3.05, 3.63) is 35.9 Å². The van der Waals surface area contributed by atoms with Crippen LogP contribution in [0.25, 0.3) is 0 Å². The molecule has 1 aromatic carbocycles. The van der Waals surface area contributed by atoms with Crippen molar-refractivity contribution in [1.29, 1.82) is 0 Å². The Labute approximate surface area is 128 Å². The molecule has 2 saturated heterocycles. The van der Waals surface area contributed by atoms with E-state index in [0.717, 1.165) is 24.8 Å². The normalized spacial score (nSPS) is 33.3. The number of carbonyl (C=O) groups is 1. The van der Waals surface area contributed by atoms with E-state index in [1.165, 1.54) is 0 Å². The first-order valence-corrected chi connectivity index (χ1v) is 7.66. The minimum Gasteiger partial charge on any atom is -0.394 e. The van der Waals surface area contributed by atoms with Crippen molar-refractivity contribution < 1.29 is 19.4 Å². The first-order valence-electron chi connectivity index (χ1n) is 7.12. The average Bonchev–Trinajstić information content (AvgIpc) is 2.48. The molecule has 2 heterocycles. The summed E-state index contributed by atoms with van der Waals surface area (Å²) in [6.07, 6.45) is 0.691. The van der Waals surface area contributed by atoms with Crippen LogP contribution in [0.15, 0.2) is 30.3 Å². The first kappa shape index (κ1) is 14.8. The first-order chi connectivity index (χ1) is 10.2. The van der Waals surface area contributed by atoms with Gasteiger partial charge in [-0.3, -0.25) is 9.53 Å². The second-order valence-electron chi connectivity index (χ2n) is 5.37. The number of aliphatic hydroxyl groups is 1. The monoisotopic (exact) mass is 311 g/mol. The van der Waals surface area contributed by atoms with Gasteiger partial charge in [-0.25, -0.2) is 4.90 Å². The molecule has 5 nitrogen and oxygen atoms in total. The van der Waals surface area contributed by atoms with E-state index in [4.69, 9.17) is 21.1 Å². The highest BCUT2D eigenvalue weighted by Crippen LogP contribution is 2.40. The number of carbonyl (C=O) groups excluding carboxylic acids is 1. The molecule has 2 aliphatic rings. The van der Waals surface area contributed by atoms with Gasteiger partial charge in [0.25, 0.3) is 0 Å². The Morgan fingerprint density at radius 2 is 2.14 bits per heavy atom. The number of piperidine rings is 1. The molecule has 0 aromatic heterocycles. The average molecular weight is 312 g/mol. The predicted octanol–water partition coefficient (Wildman–Crippen LogP) is 2.00. The fourth-order valence-corrected chi connectivity index (χ4v) is 3.41. The molecule has 0 aliphatic carbocycles. The van der Waals surface area contributed by atoms with Gasteiger partial charge >= 0.3 is 12.1 Å². The number of rotatable bonds is 3. The van der Waals surface area contributed by atoms with Gasteiger partial charge in [0.15, 0.2) is 0 Å². The van der Waals surface area contributed by atoms with Gasteiger partial charge in [0.2, 0.25) is 0 Å². The summed E-state index contributed by atoms with van der Waals surface area (Å²) < 4.78 is 10.3. The van der Waals surface area contributed by atoms with Crippen LogP contribution < -0.4 is 0 Å². The predicted molar refractivity (Wildman–Crippen MR) is 76.4 cm³/mol. The lowest BCUT2D eigenvalue weighted by Gasteiger charge is -2.50. The molecular weight excluding hydrogens is 294 g/mol. The molecule has 0 spiro atoms. The van der Waals surface area contributed by atoms with Gasteiger partial charge in [-0.2, -0.15) is 0 Å². The number of halogens is 1. The number of hydrogen-bond donors (Lipinski definition) is 1. The van der Waals surface area contributed by atoms with Crippen LogP contribution in [0.3, 0.4) is 0 Å². The van der Waals surface area contributed by atoms with Crippen LogP contribution in [0.2, 0.25) is 0 Å². The molecule has 1 aromatic rings. The van der Waals surface area contributed by atoms with E-state index in [9.17, 15) is 9.90 Å². The fraction of sp³-hybridized carbons (Fsp3) is 0.533. The Kier molecular flexibility index (Phi) is 4.17. The second kappa shape index (κ2) is 5.93. The third-order valence-electron chi connectivity index (χ3n) is 4.19. The molecule has 6 heteroatoms. The molecule has 2 aliphatic heterocycles. The van der Waals surface area contributed by atoms with Crippen LogP contribution in [0.1, 0.15) is 30.7 Å². The Morgan fingerprint density at radius 3 is 2.86 bits per heavy atom. The summed E-state index contributed by atoms with van der Waals surface area (Å²) >= 11 is 5.56. The summed E-state index contributed by atoms with van der Waals surface area (Å²) in [7, 11) is 0. The van der Waals surface area contributed by atoms with Gasteiger partial charge in [-0.15, -0.1) is 0 Å². The number of benzene rings is 1. The Hall–Kier alpha value is -1.14. The van der Waals surface area contributed by atoms with Gasteiger partial charge in [0.1, 0.15) is 6.07 Å². The van der Waals surface area contributed by atoms with Gasteiger partial charge in [0, 0.05) is 12.6 Å². The molecule has 3 unspecified atom stereocenters. The minimum absolute atomic E-state index is 0.143. The Balaban J connectivity index is 1.95. The summed E-state index contributed by atoms with van der Waals surface area (Å²) in [5.41, 5.74) is 0.896. The summed E-state index contributed by atoms with van der Waals surface area (Å²) in [6, 6.07) is 9.12. The third-order valence-corrected chi connectivity index (χ3v) is 4.29. The third kappa shape index (κ3) is 2.66. The van der Waals surface area contributed by atoms with Crippen molar-refractivity contribution in [2.75, 3.05) is 12.6 Å². The lowest BCUT2D eigenvalue weighted by atomic mass is 9.84. The molecule has 2 fully saturated rings. The molecular formula is C15H18ClNO4. The van der Waals surface area contributed by atoms with Crippen LogP contribution in [0.5, 0.6) is 0 Å². The quantitative estimate of drug-likeness (QED) is 0.525.